The lowest BCUT2D eigenvalue weighted by atomic mass is 9.83. The molecule has 11 N–H and O–H groups in total. The molecule has 1 heterocycles. The van der Waals surface area contributed by atoms with Crippen LogP contribution in [0.5, 0.6) is 0 Å². The first-order valence-corrected chi connectivity index (χ1v) is 5.86. The number of hydrogen-bond donors (Lipinski definition) is 6. The van der Waals surface area contributed by atoms with Gasteiger partial charge in [0.2, 0.25) is 0 Å². The molecule has 0 saturated carbocycles. The lowest BCUT2D eigenvalue weighted by Gasteiger charge is -2.45. The first kappa shape index (κ1) is 15.3. The molecule has 0 radical (unpaired) electrons. The van der Waals surface area contributed by atoms with Crippen molar-refractivity contribution >= 4 is 5.97 Å². The molecule has 0 aliphatic carbocycles. The van der Waals surface area contributed by atoms with Gasteiger partial charge in [-0.25, -0.2) is 4.79 Å². The van der Waals surface area contributed by atoms with Crippen LogP contribution in [0.15, 0.2) is 0 Å². The number of nitrogens with two attached hydrogens (primary N) is 5. The normalized spacial score (nSPS) is 40.2. The average Bonchev–Trinajstić information content (AvgIpc) is 2.31. The van der Waals surface area contributed by atoms with Crippen molar-refractivity contribution in [3.8, 4) is 0 Å². The van der Waals surface area contributed by atoms with Crippen molar-refractivity contribution < 1.29 is 14.6 Å². The van der Waals surface area contributed by atoms with Crippen molar-refractivity contribution in [2.24, 2.45) is 28.7 Å². The Morgan fingerprint density at radius 3 is 2.50 bits per heavy atom. The highest BCUT2D eigenvalue weighted by Gasteiger charge is 2.48. The van der Waals surface area contributed by atoms with Crippen LogP contribution in [0.4, 0.5) is 0 Å². The maximum Gasteiger partial charge on any atom is 0.335 e. The van der Waals surface area contributed by atoms with Crippen LogP contribution < -0.4 is 28.7 Å². The van der Waals surface area contributed by atoms with Gasteiger partial charge in [-0.2, -0.15) is 0 Å². The van der Waals surface area contributed by atoms with Crippen LogP contribution >= 0.6 is 0 Å². The molecular formula is C10H23N5O3. The van der Waals surface area contributed by atoms with Gasteiger partial charge in [-0.3, -0.25) is 0 Å². The summed E-state index contributed by atoms with van der Waals surface area (Å²) in [6.45, 7) is 1.61. The number of hydrogen-bond acceptors (Lipinski definition) is 7. The number of rotatable bonds is 4. The van der Waals surface area contributed by atoms with E-state index in [2.05, 4.69) is 0 Å². The average molecular weight is 261 g/mol. The van der Waals surface area contributed by atoms with E-state index in [-0.39, 0.29) is 13.0 Å². The fourth-order valence-corrected chi connectivity index (χ4v) is 2.13. The predicted molar refractivity (Wildman–Crippen MR) is 66.5 cm³/mol. The Balaban J connectivity index is 2.92. The second-order valence-electron chi connectivity index (χ2n) is 5.04. The third-order valence-corrected chi connectivity index (χ3v) is 3.49. The summed E-state index contributed by atoms with van der Waals surface area (Å²) in [7, 11) is 0. The zero-order valence-electron chi connectivity index (χ0n) is 10.5. The quantitative estimate of drug-likeness (QED) is 0.308. The molecule has 0 aromatic rings. The SMILES string of the molecule is C[C@@]1(C(=O)O)C[C@H](N)C(N)C(C(N)C(N)CN)O1. The fraction of sp³-hybridized carbons (Fsp3) is 0.900. The van der Waals surface area contributed by atoms with Gasteiger partial charge in [-0.15, -0.1) is 0 Å². The van der Waals surface area contributed by atoms with Crippen molar-refractivity contribution in [3.05, 3.63) is 0 Å². The van der Waals surface area contributed by atoms with Crippen LogP contribution in [0.25, 0.3) is 0 Å². The fourth-order valence-electron chi connectivity index (χ4n) is 2.13. The van der Waals surface area contributed by atoms with Gasteiger partial charge in [-0.05, 0) is 6.92 Å². The lowest BCUT2D eigenvalue weighted by Crippen LogP contribution is -2.69. The zero-order valence-corrected chi connectivity index (χ0v) is 10.5. The summed E-state index contributed by atoms with van der Waals surface area (Å²) < 4.78 is 5.54. The van der Waals surface area contributed by atoms with Gasteiger partial charge in [0.25, 0.3) is 0 Å². The number of aliphatic carboxylic acids is 1. The van der Waals surface area contributed by atoms with Crippen LogP contribution in [0.1, 0.15) is 13.3 Å². The highest BCUT2D eigenvalue weighted by atomic mass is 16.5. The van der Waals surface area contributed by atoms with E-state index in [1.165, 1.54) is 6.92 Å². The summed E-state index contributed by atoms with van der Waals surface area (Å²) in [6.07, 6.45) is -0.599. The van der Waals surface area contributed by atoms with Crippen LogP contribution in [0, 0.1) is 0 Å². The van der Waals surface area contributed by atoms with E-state index < -0.39 is 41.8 Å². The highest BCUT2D eigenvalue weighted by molar-refractivity contribution is 5.77. The van der Waals surface area contributed by atoms with Gasteiger partial charge in [0.1, 0.15) is 0 Å². The lowest BCUT2D eigenvalue weighted by molar-refractivity contribution is -0.187. The molecule has 1 fully saturated rings. The van der Waals surface area contributed by atoms with Crippen molar-refractivity contribution in [3.63, 3.8) is 0 Å². The smallest absolute Gasteiger partial charge is 0.335 e. The topological polar surface area (TPSA) is 177 Å². The van der Waals surface area contributed by atoms with Crippen LogP contribution in [-0.2, 0) is 9.53 Å². The maximum absolute atomic E-state index is 11.2. The molecule has 1 aliphatic rings. The minimum Gasteiger partial charge on any atom is -0.479 e. The first-order valence-electron chi connectivity index (χ1n) is 5.86. The molecule has 18 heavy (non-hydrogen) atoms. The standard InChI is InChI=1S/C10H23N5O3/c1-10(9(16)17)2-4(12)6(14)8(18-10)7(15)5(13)3-11/h4-8H,2-3,11-15H2,1H3,(H,16,17)/t4-,5?,6?,7?,8?,10-/m0/s1. The predicted octanol–water partition coefficient (Wildman–Crippen LogP) is -3.11. The molecule has 8 heteroatoms. The third kappa shape index (κ3) is 2.79. The number of carboxylic acids is 1. The van der Waals surface area contributed by atoms with Crippen molar-refractivity contribution in [1.82, 2.24) is 0 Å². The largest absolute Gasteiger partial charge is 0.479 e. The molecule has 0 aromatic heterocycles. The van der Waals surface area contributed by atoms with E-state index in [9.17, 15) is 9.90 Å². The molecular weight excluding hydrogens is 238 g/mol. The molecule has 106 valence electrons. The second kappa shape index (κ2) is 5.47. The minimum atomic E-state index is -1.40. The van der Waals surface area contributed by atoms with Crippen molar-refractivity contribution in [1.29, 1.82) is 0 Å². The van der Waals surface area contributed by atoms with E-state index >= 15 is 0 Å². The Labute approximate surface area is 106 Å². The van der Waals surface area contributed by atoms with Gasteiger partial charge in [-0.1, -0.05) is 0 Å². The third-order valence-electron chi connectivity index (χ3n) is 3.49. The molecule has 0 aromatic carbocycles. The Bertz CT molecular complexity index is 316. The van der Waals surface area contributed by atoms with E-state index in [1.54, 1.807) is 0 Å². The van der Waals surface area contributed by atoms with Crippen molar-refractivity contribution in [2.45, 2.75) is 49.2 Å². The van der Waals surface area contributed by atoms with Gasteiger partial charge in [0.05, 0.1) is 6.10 Å². The number of carbonyl (C=O) groups is 1. The first-order chi connectivity index (χ1) is 8.23. The van der Waals surface area contributed by atoms with Gasteiger partial charge >= 0.3 is 5.97 Å². The second-order valence-corrected chi connectivity index (χ2v) is 5.04. The summed E-state index contributed by atoms with van der Waals surface area (Å²) in [5.74, 6) is -1.09. The summed E-state index contributed by atoms with van der Waals surface area (Å²) in [5, 5.41) is 9.18. The van der Waals surface area contributed by atoms with Gasteiger partial charge in [0.15, 0.2) is 5.60 Å². The number of ether oxygens (including phenoxy) is 1. The van der Waals surface area contributed by atoms with Gasteiger partial charge < -0.3 is 38.5 Å². The molecule has 6 atom stereocenters. The molecule has 4 unspecified atom stereocenters. The molecule has 1 rings (SSSR count). The molecule has 0 spiro atoms. The molecule has 1 aliphatic heterocycles. The molecule has 8 nitrogen and oxygen atoms in total. The van der Waals surface area contributed by atoms with E-state index in [0.29, 0.717) is 0 Å². The Hall–Kier alpha value is -0.770. The molecule has 0 bridgehead atoms. The van der Waals surface area contributed by atoms with Crippen LogP contribution in [0.3, 0.4) is 0 Å². The summed E-state index contributed by atoms with van der Waals surface area (Å²) in [4.78, 5) is 11.2. The Morgan fingerprint density at radius 1 is 1.50 bits per heavy atom. The minimum absolute atomic E-state index is 0.130. The van der Waals surface area contributed by atoms with E-state index in [0.717, 1.165) is 0 Å². The summed E-state index contributed by atoms with van der Waals surface area (Å²) >= 11 is 0. The summed E-state index contributed by atoms with van der Waals surface area (Å²) in [5.41, 5.74) is 27.5. The highest BCUT2D eigenvalue weighted by Crippen LogP contribution is 2.29. The Kier molecular flexibility index (Phi) is 4.65. The van der Waals surface area contributed by atoms with Gasteiger partial charge in [0, 0.05) is 37.1 Å². The summed E-state index contributed by atoms with van der Waals surface area (Å²) in [6, 6.07) is -2.26. The van der Waals surface area contributed by atoms with E-state index in [4.69, 9.17) is 33.4 Å². The van der Waals surface area contributed by atoms with E-state index in [1.807, 2.05) is 0 Å². The monoisotopic (exact) mass is 261 g/mol. The Morgan fingerprint density at radius 2 is 2.06 bits per heavy atom. The van der Waals surface area contributed by atoms with Crippen LogP contribution in [0.2, 0.25) is 0 Å². The maximum atomic E-state index is 11.2. The zero-order chi connectivity index (χ0) is 14.1. The van der Waals surface area contributed by atoms with Crippen LogP contribution in [-0.4, -0.2) is 53.5 Å². The molecule has 0 amide bonds. The van der Waals surface area contributed by atoms with Crippen molar-refractivity contribution in [2.75, 3.05) is 6.54 Å². The number of carboxylic acid groups (broad SMARTS) is 1. The molecule has 1 saturated heterocycles.